The fourth-order valence-electron chi connectivity index (χ4n) is 3.03. The van der Waals surface area contributed by atoms with Crippen LogP contribution in [0.1, 0.15) is 10.4 Å². The van der Waals surface area contributed by atoms with Crippen molar-refractivity contribution in [3.63, 3.8) is 0 Å². The standard InChI is InChI=1S/C20H16BrN3O6S/c1-27-14-7-10(15(21)17(29-3)16(14)28-2)18(25)24-19-22-12(8-31-19)9-4-5-13-11(6-9)23-20(26)30-13/h4-8H,1-3H3,(H,23,26)(H,22,24,25). The lowest BCUT2D eigenvalue weighted by Gasteiger charge is -2.16. The Morgan fingerprint density at radius 3 is 2.65 bits per heavy atom. The quantitative estimate of drug-likeness (QED) is 0.401. The average molecular weight is 506 g/mol. The monoisotopic (exact) mass is 505 g/mol. The van der Waals surface area contributed by atoms with E-state index in [-0.39, 0.29) is 0 Å². The first kappa shape index (κ1) is 20.9. The van der Waals surface area contributed by atoms with Crippen molar-refractivity contribution in [2.45, 2.75) is 0 Å². The number of aromatic nitrogens is 2. The molecule has 2 N–H and O–H groups in total. The maximum Gasteiger partial charge on any atom is 0.417 e. The molecular formula is C20H16BrN3O6S. The molecule has 11 heteroatoms. The van der Waals surface area contributed by atoms with Crippen molar-refractivity contribution >= 4 is 49.4 Å². The van der Waals surface area contributed by atoms with Gasteiger partial charge in [-0.3, -0.25) is 15.1 Å². The fourth-order valence-corrected chi connectivity index (χ4v) is 4.38. The lowest BCUT2D eigenvalue weighted by molar-refractivity contribution is 0.102. The summed E-state index contributed by atoms with van der Waals surface area (Å²) in [6.45, 7) is 0. The normalized spacial score (nSPS) is 10.8. The molecular weight excluding hydrogens is 490 g/mol. The summed E-state index contributed by atoms with van der Waals surface area (Å²) in [5.74, 6) is 0.151. The first-order valence-electron chi connectivity index (χ1n) is 8.83. The number of carbonyl (C=O) groups excluding carboxylic acids is 1. The van der Waals surface area contributed by atoms with Gasteiger partial charge in [0.15, 0.2) is 22.2 Å². The number of nitrogens with one attached hydrogen (secondary N) is 2. The smallest absolute Gasteiger partial charge is 0.417 e. The van der Waals surface area contributed by atoms with Crippen LogP contribution in [0.3, 0.4) is 0 Å². The van der Waals surface area contributed by atoms with Crippen LogP contribution < -0.4 is 25.3 Å². The number of nitrogens with zero attached hydrogens (tertiary/aromatic N) is 1. The van der Waals surface area contributed by atoms with Gasteiger partial charge in [0.25, 0.3) is 5.91 Å². The van der Waals surface area contributed by atoms with Gasteiger partial charge < -0.3 is 18.6 Å². The molecule has 4 aromatic rings. The Morgan fingerprint density at radius 2 is 1.94 bits per heavy atom. The minimum atomic E-state index is -0.519. The van der Waals surface area contributed by atoms with E-state index >= 15 is 0 Å². The summed E-state index contributed by atoms with van der Waals surface area (Å²) < 4.78 is 21.5. The summed E-state index contributed by atoms with van der Waals surface area (Å²) in [7, 11) is 4.44. The van der Waals surface area contributed by atoms with E-state index in [2.05, 4.69) is 31.2 Å². The maximum atomic E-state index is 12.9. The van der Waals surface area contributed by atoms with Gasteiger partial charge in [-0.25, -0.2) is 9.78 Å². The molecule has 0 spiro atoms. The number of hydrogen-bond donors (Lipinski definition) is 2. The number of carbonyl (C=O) groups is 1. The molecule has 1 amide bonds. The van der Waals surface area contributed by atoms with Crippen LogP contribution in [0.4, 0.5) is 5.13 Å². The maximum absolute atomic E-state index is 12.9. The lowest BCUT2D eigenvalue weighted by Crippen LogP contribution is -2.13. The number of fused-ring (bicyclic) bond motifs is 1. The topological polar surface area (TPSA) is 116 Å². The van der Waals surface area contributed by atoms with Crippen molar-refractivity contribution in [2.24, 2.45) is 0 Å². The van der Waals surface area contributed by atoms with Crippen LogP contribution in [0.15, 0.2) is 43.3 Å². The van der Waals surface area contributed by atoms with Crippen LogP contribution in [0, 0.1) is 0 Å². The number of anilines is 1. The number of aromatic amines is 1. The minimum Gasteiger partial charge on any atom is -0.493 e. The second-order valence-corrected chi connectivity index (χ2v) is 7.88. The van der Waals surface area contributed by atoms with E-state index in [1.807, 2.05) is 0 Å². The third kappa shape index (κ3) is 3.89. The fraction of sp³-hybridized carbons (Fsp3) is 0.150. The third-order valence-electron chi connectivity index (χ3n) is 4.45. The summed E-state index contributed by atoms with van der Waals surface area (Å²) >= 11 is 4.67. The van der Waals surface area contributed by atoms with Crippen molar-refractivity contribution in [3.05, 3.63) is 50.2 Å². The largest absolute Gasteiger partial charge is 0.493 e. The number of benzene rings is 2. The van der Waals surface area contributed by atoms with Gasteiger partial charge in [-0.05, 0) is 40.2 Å². The van der Waals surface area contributed by atoms with Crippen LogP contribution in [0.5, 0.6) is 17.2 Å². The number of H-pyrrole nitrogens is 1. The highest BCUT2D eigenvalue weighted by atomic mass is 79.9. The molecule has 0 aliphatic heterocycles. The number of halogens is 1. The van der Waals surface area contributed by atoms with Crippen LogP contribution in [-0.2, 0) is 0 Å². The Hall–Kier alpha value is -3.31. The Kier molecular flexibility index (Phi) is 5.70. The minimum absolute atomic E-state index is 0.295. The molecule has 0 atom stereocenters. The van der Waals surface area contributed by atoms with Crippen LogP contribution in [-0.4, -0.2) is 37.2 Å². The van der Waals surface area contributed by atoms with Crippen molar-refractivity contribution in [3.8, 4) is 28.5 Å². The highest BCUT2D eigenvalue weighted by Crippen LogP contribution is 2.45. The molecule has 9 nitrogen and oxygen atoms in total. The van der Waals surface area contributed by atoms with E-state index in [0.29, 0.717) is 49.2 Å². The van der Waals surface area contributed by atoms with Gasteiger partial charge in [-0.1, -0.05) is 0 Å². The number of hydrogen-bond acceptors (Lipinski definition) is 8. The predicted molar refractivity (Wildman–Crippen MR) is 120 cm³/mol. The molecule has 0 aliphatic rings. The molecule has 31 heavy (non-hydrogen) atoms. The summed E-state index contributed by atoms with van der Waals surface area (Å²) in [6, 6.07) is 6.79. The summed E-state index contributed by atoms with van der Waals surface area (Å²) in [4.78, 5) is 31.3. The number of rotatable bonds is 6. The molecule has 0 aliphatic carbocycles. The Labute approximate surface area is 188 Å². The molecule has 4 rings (SSSR count). The van der Waals surface area contributed by atoms with Crippen molar-refractivity contribution in [1.29, 1.82) is 0 Å². The number of ether oxygens (including phenoxy) is 3. The number of methoxy groups -OCH3 is 3. The van der Waals surface area contributed by atoms with E-state index in [0.717, 1.165) is 5.56 Å². The second kappa shape index (κ2) is 8.44. The van der Waals surface area contributed by atoms with Gasteiger partial charge >= 0.3 is 5.76 Å². The van der Waals surface area contributed by atoms with Gasteiger partial charge in [-0.15, -0.1) is 11.3 Å². The van der Waals surface area contributed by atoms with Crippen molar-refractivity contribution < 1.29 is 23.4 Å². The average Bonchev–Trinajstić information content (AvgIpc) is 3.37. The van der Waals surface area contributed by atoms with Crippen molar-refractivity contribution in [1.82, 2.24) is 9.97 Å². The van der Waals surface area contributed by atoms with E-state index in [4.69, 9.17) is 18.6 Å². The zero-order chi connectivity index (χ0) is 22.1. The van der Waals surface area contributed by atoms with E-state index in [1.54, 1.807) is 29.6 Å². The van der Waals surface area contributed by atoms with Crippen LogP contribution in [0.2, 0.25) is 0 Å². The zero-order valence-corrected chi connectivity index (χ0v) is 19.0. The lowest BCUT2D eigenvalue weighted by atomic mass is 10.1. The van der Waals surface area contributed by atoms with E-state index < -0.39 is 11.7 Å². The molecule has 2 aromatic heterocycles. The van der Waals surface area contributed by atoms with Gasteiger partial charge in [0.2, 0.25) is 5.75 Å². The Bertz CT molecular complexity index is 1340. The Morgan fingerprint density at radius 1 is 1.16 bits per heavy atom. The molecule has 0 radical (unpaired) electrons. The van der Waals surface area contributed by atoms with Crippen molar-refractivity contribution in [2.75, 3.05) is 26.6 Å². The van der Waals surface area contributed by atoms with Gasteiger partial charge in [0, 0.05) is 10.9 Å². The highest BCUT2D eigenvalue weighted by Gasteiger charge is 2.23. The number of thiazole rings is 1. The molecule has 0 bridgehead atoms. The molecule has 2 heterocycles. The Balaban J connectivity index is 1.62. The summed E-state index contributed by atoms with van der Waals surface area (Å²) in [5, 5.41) is 4.99. The summed E-state index contributed by atoms with van der Waals surface area (Å²) in [5.41, 5.74) is 2.75. The highest BCUT2D eigenvalue weighted by molar-refractivity contribution is 9.10. The van der Waals surface area contributed by atoms with Crippen LogP contribution >= 0.6 is 27.3 Å². The van der Waals surface area contributed by atoms with Gasteiger partial charge in [0.1, 0.15) is 0 Å². The number of amides is 1. The van der Waals surface area contributed by atoms with E-state index in [9.17, 15) is 9.59 Å². The number of oxazole rings is 1. The predicted octanol–water partition coefficient (Wildman–Crippen LogP) is 4.29. The molecule has 0 fully saturated rings. The van der Waals surface area contributed by atoms with Gasteiger partial charge in [-0.2, -0.15) is 0 Å². The molecule has 2 aromatic carbocycles. The van der Waals surface area contributed by atoms with Gasteiger partial charge in [0.05, 0.1) is 42.6 Å². The molecule has 0 saturated carbocycles. The molecule has 160 valence electrons. The van der Waals surface area contributed by atoms with Crippen LogP contribution in [0.25, 0.3) is 22.4 Å². The van der Waals surface area contributed by atoms with E-state index in [1.165, 1.54) is 32.7 Å². The second-order valence-electron chi connectivity index (χ2n) is 6.22. The molecule has 0 unspecified atom stereocenters. The molecule has 0 saturated heterocycles. The first-order valence-corrected chi connectivity index (χ1v) is 10.5. The zero-order valence-electron chi connectivity index (χ0n) is 16.6. The SMILES string of the molecule is COc1cc(C(=O)Nc2nc(-c3ccc4oc(=O)[nH]c4c3)cs2)c(Br)c(OC)c1OC. The third-order valence-corrected chi connectivity index (χ3v) is 6.00. The first-order chi connectivity index (χ1) is 14.9. The summed E-state index contributed by atoms with van der Waals surface area (Å²) in [6.07, 6.45) is 0.